The summed E-state index contributed by atoms with van der Waals surface area (Å²) in [5.41, 5.74) is 0.710. The highest BCUT2D eigenvalue weighted by molar-refractivity contribution is 5.97. The maximum absolute atomic E-state index is 12.4. The zero-order valence-corrected chi connectivity index (χ0v) is 15.3. The molecule has 1 saturated heterocycles. The molecule has 1 aliphatic heterocycles. The number of halogens is 3. The van der Waals surface area contributed by atoms with Crippen LogP contribution < -0.4 is 9.47 Å². The minimum atomic E-state index is -4.70. The van der Waals surface area contributed by atoms with Crippen LogP contribution in [0, 0.1) is 5.92 Å². The molecule has 0 amide bonds. The van der Waals surface area contributed by atoms with Gasteiger partial charge in [0, 0.05) is 18.0 Å². The van der Waals surface area contributed by atoms with E-state index in [1.165, 1.54) is 24.3 Å². The van der Waals surface area contributed by atoms with E-state index in [2.05, 4.69) is 9.64 Å². The molecule has 150 valence electrons. The molecule has 0 radical (unpaired) electrons. The van der Waals surface area contributed by atoms with Gasteiger partial charge in [0.15, 0.2) is 5.78 Å². The van der Waals surface area contributed by atoms with Crippen molar-refractivity contribution in [2.75, 3.05) is 26.2 Å². The second-order valence-electron chi connectivity index (χ2n) is 6.86. The van der Waals surface area contributed by atoms with Crippen molar-refractivity contribution in [2.45, 2.75) is 19.2 Å². The van der Waals surface area contributed by atoms with E-state index in [1.807, 2.05) is 30.3 Å². The van der Waals surface area contributed by atoms with Crippen LogP contribution in [0.1, 0.15) is 23.2 Å². The molecular formula is C21H22F3NO3. The molecule has 0 aromatic heterocycles. The van der Waals surface area contributed by atoms with Gasteiger partial charge in [0.2, 0.25) is 0 Å². The fourth-order valence-corrected chi connectivity index (χ4v) is 3.30. The van der Waals surface area contributed by atoms with Crippen molar-refractivity contribution in [1.82, 2.24) is 4.90 Å². The number of carbonyl (C=O) groups excluding carboxylic acids is 1. The number of nitrogens with zero attached hydrogens (tertiary/aromatic N) is 1. The highest BCUT2D eigenvalue weighted by atomic mass is 19.4. The molecule has 2 aromatic rings. The Kier molecular flexibility index (Phi) is 6.57. The van der Waals surface area contributed by atoms with E-state index in [-0.39, 0.29) is 17.5 Å². The van der Waals surface area contributed by atoms with E-state index in [1.54, 1.807) is 0 Å². The second-order valence-corrected chi connectivity index (χ2v) is 6.86. The van der Waals surface area contributed by atoms with Gasteiger partial charge >= 0.3 is 6.36 Å². The van der Waals surface area contributed by atoms with Crippen LogP contribution in [0.2, 0.25) is 0 Å². The van der Waals surface area contributed by atoms with Gasteiger partial charge in [-0.05, 0) is 43.7 Å². The number of rotatable bonds is 7. The maximum atomic E-state index is 12.4. The molecule has 0 aliphatic carbocycles. The Balaban J connectivity index is 1.46. The highest BCUT2D eigenvalue weighted by Gasteiger charge is 2.31. The topological polar surface area (TPSA) is 38.8 Å². The van der Waals surface area contributed by atoms with Crippen molar-refractivity contribution in [3.05, 3.63) is 60.2 Å². The summed E-state index contributed by atoms with van der Waals surface area (Å²) in [6.07, 6.45) is -2.73. The number of ether oxygens (including phenoxy) is 2. The molecule has 0 bridgehead atoms. The summed E-state index contributed by atoms with van der Waals surface area (Å²) >= 11 is 0. The summed E-state index contributed by atoms with van der Waals surface area (Å²) in [6, 6.07) is 14.6. The zero-order valence-electron chi connectivity index (χ0n) is 15.3. The van der Waals surface area contributed by atoms with E-state index >= 15 is 0 Å². The molecule has 3 rings (SSSR count). The van der Waals surface area contributed by atoms with Crippen LogP contribution in [0.25, 0.3) is 0 Å². The molecule has 0 spiro atoms. The first-order valence-electron chi connectivity index (χ1n) is 9.18. The van der Waals surface area contributed by atoms with Crippen LogP contribution in [0.5, 0.6) is 11.5 Å². The van der Waals surface area contributed by atoms with Crippen LogP contribution in [0.4, 0.5) is 13.2 Å². The Bertz CT molecular complexity index is 763. The highest BCUT2D eigenvalue weighted by Crippen LogP contribution is 2.25. The third-order valence-corrected chi connectivity index (χ3v) is 4.61. The largest absolute Gasteiger partial charge is 0.573 e. The van der Waals surface area contributed by atoms with E-state index < -0.39 is 6.36 Å². The maximum Gasteiger partial charge on any atom is 0.573 e. The standard InChI is InChI=1S/C21H22F3NO3/c22-21(23,24)28-19-10-8-18(9-11-19)27-15-16-5-4-12-25(13-16)14-20(26)17-6-2-1-3-7-17/h1-3,6-11,16H,4-5,12-15H2. The lowest BCUT2D eigenvalue weighted by molar-refractivity contribution is -0.274. The molecule has 1 aliphatic rings. The molecule has 0 saturated carbocycles. The lowest BCUT2D eigenvalue weighted by atomic mass is 9.98. The summed E-state index contributed by atoms with van der Waals surface area (Å²) in [7, 11) is 0. The summed E-state index contributed by atoms with van der Waals surface area (Å²) < 4.78 is 46.1. The Hall–Kier alpha value is -2.54. The molecule has 1 heterocycles. The summed E-state index contributed by atoms with van der Waals surface area (Å²) in [5, 5.41) is 0. The van der Waals surface area contributed by atoms with Crippen LogP contribution in [-0.2, 0) is 0 Å². The first-order chi connectivity index (χ1) is 13.4. The van der Waals surface area contributed by atoms with Crippen LogP contribution >= 0.6 is 0 Å². The SMILES string of the molecule is O=C(CN1CCCC(COc2ccc(OC(F)(F)F)cc2)C1)c1ccccc1. The van der Waals surface area contributed by atoms with Crippen molar-refractivity contribution in [1.29, 1.82) is 0 Å². The second kappa shape index (κ2) is 9.10. The zero-order chi connectivity index (χ0) is 20.0. The summed E-state index contributed by atoms with van der Waals surface area (Å²) in [6.45, 7) is 2.46. The predicted octanol–water partition coefficient (Wildman–Crippen LogP) is 4.56. The van der Waals surface area contributed by atoms with Gasteiger partial charge in [-0.1, -0.05) is 30.3 Å². The van der Waals surface area contributed by atoms with Crippen molar-refractivity contribution < 1.29 is 27.4 Å². The lowest BCUT2D eigenvalue weighted by Crippen LogP contribution is -2.40. The molecule has 4 nitrogen and oxygen atoms in total. The molecule has 7 heteroatoms. The Morgan fingerprint density at radius 2 is 1.71 bits per heavy atom. The van der Waals surface area contributed by atoms with Gasteiger partial charge in [-0.2, -0.15) is 0 Å². The summed E-state index contributed by atoms with van der Waals surface area (Å²) in [5.74, 6) is 0.584. The number of hydrogen-bond acceptors (Lipinski definition) is 4. The summed E-state index contributed by atoms with van der Waals surface area (Å²) in [4.78, 5) is 14.5. The average Bonchev–Trinajstić information content (AvgIpc) is 2.67. The molecular weight excluding hydrogens is 371 g/mol. The Morgan fingerprint density at radius 3 is 2.39 bits per heavy atom. The minimum Gasteiger partial charge on any atom is -0.493 e. The number of Topliss-reactive ketones (excluding diaryl/α,β-unsaturated/α-hetero) is 1. The van der Waals surface area contributed by atoms with Crippen molar-refractivity contribution in [3.8, 4) is 11.5 Å². The lowest BCUT2D eigenvalue weighted by Gasteiger charge is -2.32. The minimum absolute atomic E-state index is 0.0995. The Labute approximate surface area is 161 Å². The van der Waals surface area contributed by atoms with Gasteiger partial charge in [-0.15, -0.1) is 13.2 Å². The fourth-order valence-electron chi connectivity index (χ4n) is 3.30. The van der Waals surface area contributed by atoms with Gasteiger partial charge in [0.1, 0.15) is 11.5 Å². The van der Waals surface area contributed by atoms with Gasteiger partial charge < -0.3 is 9.47 Å². The average molecular weight is 393 g/mol. The smallest absolute Gasteiger partial charge is 0.493 e. The number of piperidine rings is 1. The van der Waals surface area contributed by atoms with Gasteiger partial charge in [-0.3, -0.25) is 9.69 Å². The number of carbonyl (C=O) groups is 1. The van der Waals surface area contributed by atoms with Crippen LogP contribution in [0.15, 0.2) is 54.6 Å². The van der Waals surface area contributed by atoms with E-state index in [4.69, 9.17) is 4.74 Å². The normalized spacial score (nSPS) is 17.9. The van der Waals surface area contributed by atoms with E-state index in [0.29, 0.717) is 24.5 Å². The first-order valence-corrected chi connectivity index (χ1v) is 9.18. The molecule has 2 aromatic carbocycles. The van der Waals surface area contributed by atoms with Crippen molar-refractivity contribution >= 4 is 5.78 Å². The van der Waals surface area contributed by atoms with Gasteiger partial charge in [-0.25, -0.2) is 0 Å². The number of benzene rings is 2. The third kappa shape index (κ3) is 6.27. The Morgan fingerprint density at radius 1 is 1.04 bits per heavy atom. The number of ketones is 1. The quantitative estimate of drug-likeness (QED) is 0.647. The number of likely N-dealkylation sites (tertiary alicyclic amines) is 1. The molecule has 1 atom stereocenters. The molecule has 28 heavy (non-hydrogen) atoms. The van der Waals surface area contributed by atoms with Crippen molar-refractivity contribution in [3.63, 3.8) is 0 Å². The first kappa shape index (κ1) is 20.2. The van der Waals surface area contributed by atoms with Gasteiger partial charge in [0.25, 0.3) is 0 Å². The number of hydrogen-bond donors (Lipinski definition) is 0. The molecule has 0 N–H and O–H groups in total. The predicted molar refractivity (Wildman–Crippen MR) is 98.6 cm³/mol. The van der Waals surface area contributed by atoms with Crippen LogP contribution in [0.3, 0.4) is 0 Å². The van der Waals surface area contributed by atoms with Crippen LogP contribution in [-0.4, -0.2) is 43.3 Å². The van der Waals surface area contributed by atoms with Gasteiger partial charge in [0.05, 0.1) is 13.2 Å². The van der Waals surface area contributed by atoms with E-state index in [9.17, 15) is 18.0 Å². The molecule has 1 fully saturated rings. The van der Waals surface area contributed by atoms with E-state index in [0.717, 1.165) is 25.9 Å². The monoisotopic (exact) mass is 393 g/mol. The van der Waals surface area contributed by atoms with Crippen molar-refractivity contribution in [2.24, 2.45) is 5.92 Å². The third-order valence-electron chi connectivity index (χ3n) is 4.61. The fraction of sp³-hybridized carbons (Fsp3) is 0.381. The number of alkyl halides is 3. The molecule has 1 unspecified atom stereocenters.